The number of rotatable bonds is 9. The molecule has 0 unspecified atom stereocenters. The number of nitrogens with one attached hydrogen (secondary N) is 1. The van der Waals surface area contributed by atoms with E-state index in [1.165, 1.54) is 18.2 Å². The van der Waals surface area contributed by atoms with Crippen molar-refractivity contribution < 1.29 is 13.2 Å². The van der Waals surface area contributed by atoms with Crippen molar-refractivity contribution in [3.05, 3.63) is 18.2 Å². The fourth-order valence-corrected chi connectivity index (χ4v) is 2.15. The molecule has 0 spiro atoms. The Morgan fingerprint density at radius 3 is 2.60 bits per heavy atom. The SMILES string of the molecule is CCCCOCCCNc1cc(S(N)(=O)=O)ccc1N. The highest BCUT2D eigenvalue weighted by molar-refractivity contribution is 7.89. The van der Waals surface area contributed by atoms with Gasteiger partial charge in [0.15, 0.2) is 0 Å². The Labute approximate surface area is 120 Å². The molecule has 0 saturated carbocycles. The molecule has 7 heteroatoms. The van der Waals surface area contributed by atoms with Gasteiger partial charge in [-0.1, -0.05) is 13.3 Å². The molecular formula is C13H23N3O3S. The van der Waals surface area contributed by atoms with Crippen molar-refractivity contribution in [3.8, 4) is 0 Å². The van der Waals surface area contributed by atoms with Gasteiger partial charge in [0, 0.05) is 19.8 Å². The minimum atomic E-state index is -3.71. The maximum absolute atomic E-state index is 11.3. The average molecular weight is 301 g/mol. The summed E-state index contributed by atoms with van der Waals surface area (Å²) in [6.07, 6.45) is 3.01. The normalized spacial score (nSPS) is 11.5. The topological polar surface area (TPSA) is 107 Å². The van der Waals surface area contributed by atoms with Crippen molar-refractivity contribution in [1.82, 2.24) is 0 Å². The first kappa shape index (κ1) is 16.7. The van der Waals surface area contributed by atoms with Gasteiger partial charge in [-0.2, -0.15) is 0 Å². The summed E-state index contributed by atoms with van der Waals surface area (Å²) in [5, 5.41) is 8.17. The molecular weight excluding hydrogens is 278 g/mol. The van der Waals surface area contributed by atoms with Gasteiger partial charge in [-0.25, -0.2) is 13.6 Å². The number of benzene rings is 1. The van der Waals surface area contributed by atoms with Crippen LogP contribution in [-0.4, -0.2) is 28.2 Å². The largest absolute Gasteiger partial charge is 0.397 e. The van der Waals surface area contributed by atoms with E-state index in [0.29, 0.717) is 24.5 Å². The van der Waals surface area contributed by atoms with E-state index in [4.69, 9.17) is 15.6 Å². The van der Waals surface area contributed by atoms with Gasteiger partial charge >= 0.3 is 0 Å². The van der Waals surface area contributed by atoms with Gasteiger partial charge in [0.1, 0.15) is 0 Å². The number of unbranched alkanes of at least 4 members (excludes halogenated alkanes) is 1. The van der Waals surface area contributed by atoms with E-state index in [1.807, 2.05) is 0 Å². The summed E-state index contributed by atoms with van der Waals surface area (Å²) in [5.41, 5.74) is 6.85. The number of anilines is 2. The lowest BCUT2D eigenvalue weighted by Crippen LogP contribution is -2.13. The molecule has 1 aromatic carbocycles. The van der Waals surface area contributed by atoms with Crippen molar-refractivity contribution in [2.45, 2.75) is 31.1 Å². The zero-order valence-corrected chi connectivity index (χ0v) is 12.6. The standard InChI is InChI=1S/C13H23N3O3S/c1-2-3-8-19-9-4-7-16-13-10-11(20(15,17)18)5-6-12(13)14/h5-6,10,16H,2-4,7-9,14H2,1H3,(H2,15,17,18). The monoisotopic (exact) mass is 301 g/mol. The zero-order valence-electron chi connectivity index (χ0n) is 11.8. The number of ether oxygens (including phenoxy) is 1. The zero-order chi connectivity index (χ0) is 15.0. The number of hydrogen-bond acceptors (Lipinski definition) is 5. The molecule has 0 aromatic heterocycles. The Morgan fingerprint density at radius 1 is 1.25 bits per heavy atom. The Balaban J connectivity index is 2.44. The van der Waals surface area contributed by atoms with Crippen LogP contribution in [0.1, 0.15) is 26.2 Å². The minimum absolute atomic E-state index is 0.0494. The first-order chi connectivity index (χ1) is 9.45. The lowest BCUT2D eigenvalue weighted by molar-refractivity contribution is 0.131. The summed E-state index contributed by atoms with van der Waals surface area (Å²) in [6, 6.07) is 4.37. The summed E-state index contributed by atoms with van der Waals surface area (Å²) in [4.78, 5) is 0.0494. The summed E-state index contributed by atoms with van der Waals surface area (Å²) >= 11 is 0. The predicted molar refractivity (Wildman–Crippen MR) is 81.1 cm³/mol. The van der Waals surface area contributed by atoms with Crippen molar-refractivity contribution >= 4 is 21.4 Å². The highest BCUT2D eigenvalue weighted by Crippen LogP contribution is 2.22. The molecule has 6 nitrogen and oxygen atoms in total. The van der Waals surface area contributed by atoms with Gasteiger partial charge < -0.3 is 15.8 Å². The Morgan fingerprint density at radius 2 is 1.95 bits per heavy atom. The van der Waals surface area contributed by atoms with Crippen LogP contribution in [0.2, 0.25) is 0 Å². The highest BCUT2D eigenvalue weighted by atomic mass is 32.2. The van der Waals surface area contributed by atoms with E-state index in [1.54, 1.807) is 0 Å². The molecule has 0 aliphatic carbocycles. The third-order valence-electron chi connectivity index (χ3n) is 2.78. The molecule has 0 radical (unpaired) electrons. The van der Waals surface area contributed by atoms with E-state index >= 15 is 0 Å². The van der Waals surface area contributed by atoms with Gasteiger partial charge in [0.25, 0.3) is 0 Å². The van der Waals surface area contributed by atoms with Crippen LogP contribution in [0.3, 0.4) is 0 Å². The second-order valence-electron chi connectivity index (χ2n) is 4.54. The summed E-state index contributed by atoms with van der Waals surface area (Å²) in [5.74, 6) is 0. The molecule has 0 atom stereocenters. The first-order valence-corrected chi connectivity index (χ1v) is 8.23. The van der Waals surface area contributed by atoms with Crippen LogP contribution in [0, 0.1) is 0 Å². The maximum atomic E-state index is 11.3. The first-order valence-electron chi connectivity index (χ1n) is 6.69. The van der Waals surface area contributed by atoms with Gasteiger partial charge in [-0.3, -0.25) is 0 Å². The second-order valence-corrected chi connectivity index (χ2v) is 6.10. The van der Waals surface area contributed by atoms with Crippen LogP contribution in [-0.2, 0) is 14.8 Å². The van der Waals surface area contributed by atoms with Crippen LogP contribution >= 0.6 is 0 Å². The molecule has 1 rings (SSSR count). The van der Waals surface area contributed by atoms with Gasteiger partial charge in [-0.15, -0.1) is 0 Å². The smallest absolute Gasteiger partial charge is 0.238 e. The van der Waals surface area contributed by atoms with Crippen LogP contribution in [0.15, 0.2) is 23.1 Å². The van der Waals surface area contributed by atoms with Crippen molar-refractivity contribution in [1.29, 1.82) is 0 Å². The number of sulfonamides is 1. The molecule has 0 aliphatic heterocycles. The fraction of sp³-hybridized carbons (Fsp3) is 0.538. The van der Waals surface area contributed by atoms with E-state index < -0.39 is 10.0 Å². The average Bonchev–Trinajstić information content (AvgIpc) is 2.38. The number of nitrogen functional groups attached to an aromatic ring is 1. The number of primary sulfonamides is 1. The van der Waals surface area contributed by atoms with Crippen molar-refractivity contribution in [2.24, 2.45) is 5.14 Å². The molecule has 114 valence electrons. The van der Waals surface area contributed by atoms with Crippen LogP contribution in [0.25, 0.3) is 0 Å². The fourth-order valence-electron chi connectivity index (χ4n) is 1.61. The van der Waals surface area contributed by atoms with E-state index in [9.17, 15) is 8.42 Å². The van der Waals surface area contributed by atoms with Crippen molar-refractivity contribution in [2.75, 3.05) is 30.8 Å². The third kappa shape index (κ3) is 5.77. The Hall–Kier alpha value is -1.31. The van der Waals surface area contributed by atoms with Crippen molar-refractivity contribution in [3.63, 3.8) is 0 Å². The third-order valence-corrected chi connectivity index (χ3v) is 3.69. The molecule has 0 aliphatic rings. The van der Waals surface area contributed by atoms with Gasteiger partial charge in [-0.05, 0) is 31.0 Å². The lowest BCUT2D eigenvalue weighted by atomic mass is 10.2. The summed E-state index contributed by atoms with van der Waals surface area (Å²) < 4.78 is 28.0. The van der Waals surface area contributed by atoms with E-state index in [2.05, 4.69) is 12.2 Å². The Bertz CT molecular complexity index is 518. The summed E-state index contributed by atoms with van der Waals surface area (Å²) in [7, 11) is -3.71. The molecule has 0 bridgehead atoms. The van der Waals surface area contributed by atoms with Crippen LogP contribution in [0.5, 0.6) is 0 Å². The molecule has 0 fully saturated rings. The molecule has 0 amide bonds. The molecule has 1 aromatic rings. The summed E-state index contributed by atoms with van der Waals surface area (Å²) in [6.45, 7) is 4.22. The van der Waals surface area contributed by atoms with E-state index in [-0.39, 0.29) is 4.90 Å². The molecule has 5 N–H and O–H groups in total. The minimum Gasteiger partial charge on any atom is -0.397 e. The lowest BCUT2D eigenvalue weighted by Gasteiger charge is -2.11. The maximum Gasteiger partial charge on any atom is 0.238 e. The van der Waals surface area contributed by atoms with Crippen LogP contribution < -0.4 is 16.2 Å². The number of nitrogens with two attached hydrogens (primary N) is 2. The van der Waals surface area contributed by atoms with Crippen LogP contribution in [0.4, 0.5) is 11.4 Å². The molecule has 0 heterocycles. The van der Waals surface area contributed by atoms with Gasteiger partial charge in [0.05, 0.1) is 16.3 Å². The number of hydrogen-bond donors (Lipinski definition) is 3. The highest BCUT2D eigenvalue weighted by Gasteiger charge is 2.09. The molecule has 20 heavy (non-hydrogen) atoms. The molecule has 0 saturated heterocycles. The van der Waals surface area contributed by atoms with Gasteiger partial charge in [0.2, 0.25) is 10.0 Å². The van der Waals surface area contributed by atoms with E-state index in [0.717, 1.165) is 25.9 Å². The quantitative estimate of drug-likeness (QED) is 0.473. The Kier molecular flexibility index (Phi) is 6.77. The predicted octanol–water partition coefficient (Wildman–Crippen LogP) is 1.53. The second kappa shape index (κ2) is 8.08.